The number of hydrogen-bond acceptors (Lipinski definition) is 11. The van der Waals surface area contributed by atoms with Crippen molar-refractivity contribution in [2.45, 2.75) is 49.5 Å². The largest absolute Gasteiger partial charge is 0.378 e. The summed E-state index contributed by atoms with van der Waals surface area (Å²) >= 11 is 2.61. The van der Waals surface area contributed by atoms with Crippen molar-refractivity contribution in [1.29, 1.82) is 0 Å². The minimum atomic E-state index is -2.70. The number of amides is 2. The number of pyridine rings is 1. The van der Waals surface area contributed by atoms with E-state index in [1.165, 1.54) is 27.6 Å². The van der Waals surface area contributed by atoms with Crippen molar-refractivity contribution in [3.63, 3.8) is 0 Å². The number of hydrogen-bond donors (Lipinski definition) is 3. The average molecular weight is 613 g/mol. The van der Waals surface area contributed by atoms with Gasteiger partial charge in [-0.3, -0.25) is 14.9 Å². The second-order valence-corrected chi connectivity index (χ2v) is 12.3. The highest BCUT2D eigenvalue weighted by atomic mass is 32.1. The van der Waals surface area contributed by atoms with Gasteiger partial charge in [0.25, 0.3) is 11.8 Å². The van der Waals surface area contributed by atoms with Gasteiger partial charge in [0, 0.05) is 11.8 Å². The van der Waals surface area contributed by atoms with E-state index in [4.69, 9.17) is 0 Å². The third-order valence-electron chi connectivity index (χ3n) is 7.15. The molecule has 4 aromatic rings. The van der Waals surface area contributed by atoms with Crippen molar-refractivity contribution in [3.05, 3.63) is 69.8 Å². The van der Waals surface area contributed by atoms with E-state index in [1.807, 2.05) is 6.07 Å². The summed E-state index contributed by atoms with van der Waals surface area (Å²) in [5, 5.41) is 34.8. The first-order valence-electron chi connectivity index (χ1n) is 13.3. The normalized spacial score (nSPS) is 20.1. The number of aromatic nitrogens is 5. The smallest absolute Gasteiger partial charge is 0.282 e. The minimum Gasteiger partial charge on any atom is -0.378 e. The summed E-state index contributed by atoms with van der Waals surface area (Å²) in [5.74, 6) is -2.87. The number of carbonyl (C=O) groups excluding carboxylic acids is 2. The molecule has 3 N–H and O–H groups in total. The number of alkyl halides is 2. The van der Waals surface area contributed by atoms with Crippen LogP contribution in [0.3, 0.4) is 0 Å². The summed E-state index contributed by atoms with van der Waals surface area (Å²) in [4.78, 5) is 30.9. The van der Waals surface area contributed by atoms with Crippen LogP contribution < -0.4 is 15.5 Å². The van der Waals surface area contributed by atoms with Gasteiger partial charge in [0.1, 0.15) is 15.8 Å². The molecular weight excluding hydrogens is 586 g/mol. The predicted octanol–water partition coefficient (Wildman–Crippen LogP) is 4.14. The van der Waals surface area contributed by atoms with Crippen molar-refractivity contribution < 1.29 is 23.5 Å². The highest BCUT2D eigenvalue weighted by Crippen LogP contribution is 2.45. The number of aliphatic hydroxyl groups is 1. The first kappa shape index (κ1) is 28.2. The summed E-state index contributed by atoms with van der Waals surface area (Å²) in [7, 11) is 0. The molecule has 6 rings (SSSR count). The fourth-order valence-corrected chi connectivity index (χ4v) is 6.84. The van der Waals surface area contributed by atoms with Crippen LogP contribution in [-0.2, 0) is 16.0 Å². The van der Waals surface area contributed by atoms with Gasteiger partial charge in [-0.2, -0.15) is 0 Å². The molecule has 3 aromatic heterocycles. The van der Waals surface area contributed by atoms with E-state index in [0.29, 0.717) is 27.3 Å². The van der Waals surface area contributed by atoms with Crippen LogP contribution in [0.25, 0.3) is 0 Å². The summed E-state index contributed by atoms with van der Waals surface area (Å²) in [6.07, 6.45) is 1.20. The summed E-state index contributed by atoms with van der Waals surface area (Å²) in [5.41, 5.74) is 0.972. The van der Waals surface area contributed by atoms with Gasteiger partial charge in [0.15, 0.2) is 6.10 Å². The Hall–Kier alpha value is -3.95. The molecular formula is C27H26F2N8O3S2. The molecule has 1 aromatic carbocycles. The van der Waals surface area contributed by atoms with Gasteiger partial charge < -0.3 is 15.3 Å². The third-order valence-corrected chi connectivity index (χ3v) is 9.16. The second-order valence-electron chi connectivity index (χ2n) is 10.3. The van der Waals surface area contributed by atoms with Crippen LogP contribution >= 0.6 is 22.7 Å². The number of rotatable bonds is 9. The van der Waals surface area contributed by atoms with E-state index < -0.39 is 17.9 Å². The van der Waals surface area contributed by atoms with E-state index in [9.17, 15) is 23.5 Å². The lowest BCUT2D eigenvalue weighted by molar-refractivity contribution is -0.124. The lowest BCUT2D eigenvalue weighted by Gasteiger charge is -2.39. The minimum absolute atomic E-state index is 0.0171. The van der Waals surface area contributed by atoms with Crippen molar-refractivity contribution in [3.8, 4) is 0 Å². The average Bonchev–Trinajstić information content (AvgIpc) is 3.73. The number of nitrogens with zero attached hydrogens (tertiary/aromatic N) is 6. The number of aliphatic hydroxyl groups excluding tert-OH is 1. The maximum atomic E-state index is 13.2. The molecule has 1 aliphatic carbocycles. The molecule has 0 radical (unpaired) electrons. The van der Waals surface area contributed by atoms with Gasteiger partial charge in [-0.15, -0.1) is 20.4 Å². The molecule has 1 saturated heterocycles. The molecule has 0 spiro atoms. The Balaban J connectivity index is 1.000. The van der Waals surface area contributed by atoms with E-state index >= 15 is 0 Å². The van der Waals surface area contributed by atoms with Crippen molar-refractivity contribution in [2.24, 2.45) is 0 Å². The number of benzene rings is 1. The second kappa shape index (κ2) is 11.7. The Morgan fingerprint density at radius 3 is 2.21 bits per heavy atom. The highest BCUT2D eigenvalue weighted by molar-refractivity contribution is 7.15. The molecule has 218 valence electrons. The Morgan fingerprint density at radius 1 is 0.929 bits per heavy atom. The summed E-state index contributed by atoms with van der Waals surface area (Å²) < 4.78 is 26.4. The molecule has 42 heavy (non-hydrogen) atoms. The van der Waals surface area contributed by atoms with Crippen molar-refractivity contribution in [1.82, 2.24) is 25.4 Å². The molecule has 0 unspecified atom stereocenters. The SMILES string of the molecule is O=C(Cc1cccc(N2CC(F)(F)C2)n1)Nc1nnc([C@H]2CC[C@H](c3nnc(NC(=O)[C@@H](O)c4ccccc4)s3)C2)s1. The van der Waals surface area contributed by atoms with Crippen LogP contribution in [0, 0.1) is 0 Å². The van der Waals surface area contributed by atoms with Crippen LogP contribution in [0.15, 0.2) is 48.5 Å². The maximum Gasteiger partial charge on any atom is 0.282 e. The van der Waals surface area contributed by atoms with E-state index in [-0.39, 0.29) is 37.3 Å². The predicted molar refractivity (Wildman–Crippen MR) is 153 cm³/mol. The van der Waals surface area contributed by atoms with Gasteiger partial charge in [0.05, 0.1) is 25.2 Å². The molecule has 0 bridgehead atoms. The molecule has 1 aliphatic heterocycles. The Bertz CT molecular complexity index is 1580. The maximum absolute atomic E-state index is 13.2. The van der Waals surface area contributed by atoms with Gasteiger partial charge in [-0.25, -0.2) is 13.8 Å². The number of carbonyl (C=O) groups is 2. The van der Waals surface area contributed by atoms with E-state index in [2.05, 4.69) is 36.0 Å². The van der Waals surface area contributed by atoms with Crippen LogP contribution in [0.5, 0.6) is 0 Å². The zero-order chi connectivity index (χ0) is 29.3. The summed E-state index contributed by atoms with van der Waals surface area (Å²) in [6, 6.07) is 13.7. The number of anilines is 3. The molecule has 1 saturated carbocycles. The van der Waals surface area contributed by atoms with Gasteiger partial charge in [-0.1, -0.05) is 59.1 Å². The molecule has 15 heteroatoms. The van der Waals surface area contributed by atoms with Crippen LogP contribution in [0.2, 0.25) is 0 Å². The molecule has 2 aliphatic rings. The molecule has 3 atom stereocenters. The lowest BCUT2D eigenvalue weighted by Crippen LogP contribution is -2.56. The monoisotopic (exact) mass is 612 g/mol. The first-order valence-corrected chi connectivity index (χ1v) is 14.9. The molecule has 2 amide bonds. The fraction of sp³-hybridized carbons (Fsp3) is 0.370. The van der Waals surface area contributed by atoms with E-state index in [0.717, 1.165) is 29.3 Å². The third kappa shape index (κ3) is 6.42. The molecule has 4 heterocycles. The van der Waals surface area contributed by atoms with Gasteiger partial charge in [-0.05, 0) is 37.0 Å². The molecule has 2 fully saturated rings. The Labute approximate surface area is 247 Å². The topological polar surface area (TPSA) is 146 Å². The van der Waals surface area contributed by atoms with Gasteiger partial charge in [0.2, 0.25) is 16.2 Å². The highest BCUT2D eigenvalue weighted by Gasteiger charge is 2.44. The zero-order valence-electron chi connectivity index (χ0n) is 22.1. The fourth-order valence-electron chi connectivity index (χ4n) is 5.03. The van der Waals surface area contributed by atoms with Gasteiger partial charge >= 0.3 is 0 Å². The number of halogens is 2. The van der Waals surface area contributed by atoms with E-state index in [1.54, 1.807) is 42.5 Å². The summed E-state index contributed by atoms with van der Waals surface area (Å²) in [6.45, 7) is -0.748. The quantitative estimate of drug-likeness (QED) is 0.254. The number of nitrogens with one attached hydrogen (secondary N) is 2. The Morgan fingerprint density at radius 2 is 1.57 bits per heavy atom. The van der Waals surface area contributed by atoms with Crippen molar-refractivity contribution in [2.75, 3.05) is 28.6 Å². The van der Waals surface area contributed by atoms with Crippen LogP contribution in [0.4, 0.5) is 24.9 Å². The lowest BCUT2D eigenvalue weighted by atomic mass is 10.1. The standard InChI is InChI=1S/C27H26F2N8O3S2/c28-27(29)13-37(14-27)19-8-4-7-18(30-19)12-20(38)31-25-35-33-23(41-25)16-9-10-17(11-16)24-34-36-26(42-24)32-22(40)21(39)15-5-2-1-3-6-15/h1-8,16-17,21,39H,9-14H2,(H,31,35,38)(H,32,36,40)/t16-,17-,21-/m0/s1. The zero-order valence-corrected chi connectivity index (χ0v) is 23.7. The first-order chi connectivity index (χ1) is 20.2. The van der Waals surface area contributed by atoms with Crippen LogP contribution in [-0.4, -0.2) is 61.3 Å². The van der Waals surface area contributed by atoms with Crippen molar-refractivity contribution >= 4 is 50.6 Å². The molecule has 11 nitrogen and oxygen atoms in total. The van der Waals surface area contributed by atoms with Crippen LogP contribution in [0.1, 0.15) is 58.5 Å². The Kier molecular flexibility index (Phi) is 7.88.